The number of amides is 2. The Morgan fingerprint density at radius 2 is 1.80 bits per heavy atom. The number of carbonyl (C=O) groups is 2. The van der Waals surface area contributed by atoms with Crippen molar-refractivity contribution in [1.29, 1.82) is 0 Å². The normalized spacial score (nSPS) is 10.7. The molecule has 25 heavy (non-hydrogen) atoms. The van der Waals surface area contributed by atoms with Crippen LogP contribution in [0.2, 0.25) is 10.0 Å². The highest BCUT2D eigenvalue weighted by Crippen LogP contribution is 2.29. The zero-order valence-electron chi connectivity index (χ0n) is 13.4. The second-order valence-corrected chi connectivity index (χ2v) is 6.12. The lowest BCUT2D eigenvalue weighted by atomic mass is 10.1. The number of hydrazone groups is 1. The number of halogens is 2. The number of phenols is 1. The molecule has 0 saturated carbocycles. The molecule has 2 rings (SSSR count). The van der Waals surface area contributed by atoms with Crippen LogP contribution >= 0.6 is 23.2 Å². The summed E-state index contributed by atoms with van der Waals surface area (Å²) in [6.07, 6.45) is 1.13. The molecule has 0 atom stereocenters. The van der Waals surface area contributed by atoms with Gasteiger partial charge in [0.1, 0.15) is 5.75 Å². The SMILES string of the molecule is Cc1ccc(NC(=O)C(=O)NN=Cc2cc(Cl)cc(Cl)c2O)cc1C. The van der Waals surface area contributed by atoms with Crippen LogP contribution in [0.4, 0.5) is 5.69 Å². The van der Waals surface area contributed by atoms with Crippen LogP contribution in [0.3, 0.4) is 0 Å². The molecule has 8 heteroatoms. The molecular formula is C17H15Cl2N3O3. The number of aromatic hydroxyl groups is 1. The molecule has 0 bridgehead atoms. The first kappa shape index (κ1) is 18.8. The molecule has 0 aliphatic rings. The molecule has 6 nitrogen and oxygen atoms in total. The highest BCUT2D eigenvalue weighted by atomic mass is 35.5. The van der Waals surface area contributed by atoms with Crippen molar-refractivity contribution in [3.63, 3.8) is 0 Å². The minimum atomic E-state index is -0.956. The number of nitrogens with zero attached hydrogens (tertiary/aromatic N) is 1. The third-order valence-electron chi connectivity index (χ3n) is 3.40. The molecular weight excluding hydrogens is 365 g/mol. The largest absolute Gasteiger partial charge is 0.506 e. The minimum Gasteiger partial charge on any atom is -0.506 e. The van der Waals surface area contributed by atoms with Gasteiger partial charge in [0.25, 0.3) is 0 Å². The molecule has 0 radical (unpaired) electrons. The van der Waals surface area contributed by atoms with E-state index in [0.29, 0.717) is 10.7 Å². The van der Waals surface area contributed by atoms with Crippen molar-refractivity contribution in [2.75, 3.05) is 5.32 Å². The van der Waals surface area contributed by atoms with E-state index in [-0.39, 0.29) is 16.3 Å². The zero-order valence-corrected chi connectivity index (χ0v) is 14.9. The van der Waals surface area contributed by atoms with Crippen molar-refractivity contribution in [2.24, 2.45) is 5.10 Å². The first-order chi connectivity index (χ1) is 11.8. The summed E-state index contributed by atoms with van der Waals surface area (Å²) in [4.78, 5) is 23.6. The van der Waals surface area contributed by atoms with Crippen LogP contribution in [0, 0.1) is 13.8 Å². The van der Waals surface area contributed by atoms with E-state index in [1.165, 1.54) is 12.1 Å². The fourth-order valence-electron chi connectivity index (χ4n) is 1.90. The topological polar surface area (TPSA) is 90.8 Å². The van der Waals surface area contributed by atoms with Crippen molar-refractivity contribution in [3.05, 3.63) is 57.1 Å². The van der Waals surface area contributed by atoms with Gasteiger partial charge in [0.15, 0.2) is 0 Å². The van der Waals surface area contributed by atoms with E-state index in [2.05, 4.69) is 15.8 Å². The average Bonchev–Trinajstić information content (AvgIpc) is 2.55. The maximum Gasteiger partial charge on any atom is 0.329 e. The molecule has 3 N–H and O–H groups in total. The number of hydrogen-bond acceptors (Lipinski definition) is 4. The first-order valence-corrected chi connectivity index (χ1v) is 7.93. The van der Waals surface area contributed by atoms with Gasteiger partial charge in [0.2, 0.25) is 0 Å². The second-order valence-electron chi connectivity index (χ2n) is 5.28. The van der Waals surface area contributed by atoms with Gasteiger partial charge in [-0.2, -0.15) is 5.10 Å². The quantitative estimate of drug-likeness (QED) is 0.433. The molecule has 0 heterocycles. The third-order valence-corrected chi connectivity index (χ3v) is 3.90. The van der Waals surface area contributed by atoms with E-state index < -0.39 is 11.8 Å². The van der Waals surface area contributed by atoms with E-state index >= 15 is 0 Å². The summed E-state index contributed by atoms with van der Waals surface area (Å²) >= 11 is 11.6. The predicted molar refractivity (Wildman–Crippen MR) is 98.4 cm³/mol. The number of carbonyl (C=O) groups excluding carboxylic acids is 2. The highest BCUT2D eigenvalue weighted by Gasteiger charge is 2.13. The zero-order chi connectivity index (χ0) is 18.6. The van der Waals surface area contributed by atoms with E-state index in [9.17, 15) is 14.7 Å². The van der Waals surface area contributed by atoms with Gasteiger partial charge in [-0.1, -0.05) is 29.3 Å². The van der Waals surface area contributed by atoms with Crippen LogP contribution in [0.15, 0.2) is 35.4 Å². The fraction of sp³-hybridized carbons (Fsp3) is 0.118. The summed E-state index contributed by atoms with van der Waals surface area (Å²) < 4.78 is 0. The molecule has 0 saturated heterocycles. The molecule has 0 aliphatic heterocycles. The molecule has 0 aromatic heterocycles. The van der Waals surface area contributed by atoms with Crippen molar-refractivity contribution in [3.8, 4) is 5.75 Å². The Morgan fingerprint density at radius 3 is 2.48 bits per heavy atom. The Bertz CT molecular complexity index is 866. The monoisotopic (exact) mass is 379 g/mol. The summed E-state index contributed by atoms with van der Waals surface area (Å²) in [7, 11) is 0. The smallest absolute Gasteiger partial charge is 0.329 e. The van der Waals surface area contributed by atoms with Crippen molar-refractivity contribution in [2.45, 2.75) is 13.8 Å². The average molecular weight is 380 g/mol. The van der Waals surface area contributed by atoms with Gasteiger partial charge in [-0.05, 0) is 49.2 Å². The van der Waals surface area contributed by atoms with E-state index in [0.717, 1.165) is 17.3 Å². The highest BCUT2D eigenvalue weighted by molar-refractivity contribution is 6.39. The molecule has 0 unspecified atom stereocenters. The standard InChI is InChI=1S/C17H15Cl2N3O3/c1-9-3-4-13(5-10(9)2)21-16(24)17(25)22-20-8-11-6-12(18)7-14(19)15(11)23/h3-8,23H,1-2H3,(H,21,24)(H,22,25). The number of nitrogens with one attached hydrogen (secondary N) is 2. The van der Waals surface area contributed by atoms with Gasteiger partial charge in [-0.3, -0.25) is 9.59 Å². The van der Waals surface area contributed by atoms with Crippen molar-refractivity contribution < 1.29 is 14.7 Å². The number of hydrogen-bond donors (Lipinski definition) is 3. The Balaban J connectivity index is 1.99. The molecule has 2 amide bonds. The minimum absolute atomic E-state index is 0.0489. The van der Waals surface area contributed by atoms with Crippen LogP contribution < -0.4 is 10.7 Å². The van der Waals surface area contributed by atoms with Crippen LogP contribution in [0.1, 0.15) is 16.7 Å². The lowest BCUT2D eigenvalue weighted by molar-refractivity contribution is -0.136. The van der Waals surface area contributed by atoms with Gasteiger partial charge in [0.05, 0.1) is 11.2 Å². The van der Waals surface area contributed by atoms with Crippen LogP contribution in [-0.2, 0) is 9.59 Å². The van der Waals surface area contributed by atoms with Gasteiger partial charge in [-0.25, -0.2) is 5.43 Å². The van der Waals surface area contributed by atoms with E-state index in [1.807, 2.05) is 19.9 Å². The molecule has 130 valence electrons. The summed E-state index contributed by atoms with van der Waals surface area (Å²) in [5.74, 6) is -2.06. The number of rotatable bonds is 3. The van der Waals surface area contributed by atoms with Crippen LogP contribution in [-0.4, -0.2) is 23.1 Å². The Labute approximate surface area is 154 Å². The molecule has 0 spiro atoms. The lowest BCUT2D eigenvalue weighted by Gasteiger charge is -2.06. The van der Waals surface area contributed by atoms with Gasteiger partial charge in [0, 0.05) is 16.3 Å². The van der Waals surface area contributed by atoms with Crippen LogP contribution in [0.5, 0.6) is 5.75 Å². The molecule has 2 aromatic rings. The Kier molecular flexibility index (Phi) is 6.01. The van der Waals surface area contributed by atoms with Crippen molar-refractivity contribution >= 4 is 46.9 Å². The molecule has 0 fully saturated rings. The fourth-order valence-corrected chi connectivity index (χ4v) is 2.41. The number of aryl methyl sites for hydroxylation is 2. The first-order valence-electron chi connectivity index (χ1n) is 7.17. The number of phenolic OH excluding ortho intramolecular Hbond substituents is 1. The van der Waals surface area contributed by atoms with E-state index in [4.69, 9.17) is 23.2 Å². The molecule has 2 aromatic carbocycles. The second kappa shape index (κ2) is 8.00. The summed E-state index contributed by atoms with van der Waals surface area (Å²) in [6.45, 7) is 3.85. The lowest BCUT2D eigenvalue weighted by Crippen LogP contribution is -2.32. The number of benzene rings is 2. The van der Waals surface area contributed by atoms with Gasteiger partial charge < -0.3 is 10.4 Å². The summed E-state index contributed by atoms with van der Waals surface area (Å²) in [5.41, 5.74) is 4.84. The van der Waals surface area contributed by atoms with Crippen molar-refractivity contribution in [1.82, 2.24) is 5.43 Å². The summed E-state index contributed by atoms with van der Waals surface area (Å²) in [5, 5.41) is 16.2. The van der Waals surface area contributed by atoms with Gasteiger partial charge >= 0.3 is 11.8 Å². The predicted octanol–water partition coefficient (Wildman–Crippen LogP) is 3.40. The van der Waals surface area contributed by atoms with E-state index in [1.54, 1.807) is 12.1 Å². The third kappa shape index (κ3) is 4.95. The Morgan fingerprint density at radius 1 is 1.08 bits per heavy atom. The maximum absolute atomic E-state index is 11.8. The maximum atomic E-state index is 11.8. The summed E-state index contributed by atoms with van der Waals surface area (Å²) in [6, 6.07) is 8.07. The number of anilines is 1. The van der Waals surface area contributed by atoms with Crippen LogP contribution in [0.25, 0.3) is 0 Å². The Hall–Kier alpha value is -2.57. The molecule has 0 aliphatic carbocycles. The van der Waals surface area contributed by atoms with Gasteiger partial charge in [-0.15, -0.1) is 0 Å².